The summed E-state index contributed by atoms with van der Waals surface area (Å²) in [6.45, 7) is 0. The zero-order valence-corrected chi connectivity index (χ0v) is 11.1. The van der Waals surface area contributed by atoms with Crippen molar-refractivity contribution >= 4 is 33.3 Å². The monoisotopic (exact) mass is 305 g/mol. The van der Waals surface area contributed by atoms with Gasteiger partial charge in [0.2, 0.25) is 0 Å². The highest BCUT2D eigenvalue weighted by Gasteiger charge is 2.03. The van der Waals surface area contributed by atoms with E-state index in [0.717, 1.165) is 10.2 Å². The van der Waals surface area contributed by atoms with E-state index in [1.807, 2.05) is 54.6 Å². The van der Waals surface area contributed by atoms with Crippen LogP contribution in [0.1, 0.15) is 0 Å². The molecular weight excluding hydrogens is 294 g/mol. The summed E-state index contributed by atoms with van der Waals surface area (Å²) < 4.78 is 0.833. The van der Waals surface area contributed by atoms with E-state index in [0.29, 0.717) is 5.69 Å². The van der Waals surface area contributed by atoms with E-state index in [1.54, 1.807) is 0 Å². The topological polar surface area (TPSA) is 53.2 Å². The van der Waals surface area contributed by atoms with Gasteiger partial charge >= 0.3 is 6.03 Å². The SMILES string of the molecule is O=C(NNc1ccccc1)Nc1ccccc1Br. The molecule has 5 heteroatoms. The van der Waals surface area contributed by atoms with Crippen molar-refractivity contribution in [3.8, 4) is 0 Å². The Kier molecular flexibility index (Phi) is 4.20. The first kappa shape index (κ1) is 12.4. The van der Waals surface area contributed by atoms with Crippen LogP contribution in [0, 0.1) is 0 Å². The van der Waals surface area contributed by atoms with E-state index < -0.39 is 0 Å². The van der Waals surface area contributed by atoms with Crippen LogP contribution in [-0.4, -0.2) is 6.03 Å². The Labute approximate surface area is 114 Å². The minimum absolute atomic E-state index is 0.328. The van der Waals surface area contributed by atoms with E-state index in [9.17, 15) is 4.79 Å². The summed E-state index contributed by atoms with van der Waals surface area (Å²) in [5, 5.41) is 2.72. The van der Waals surface area contributed by atoms with Crippen LogP contribution in [0.3, 0.4) is 0 Å². The van der Waals surface area contributed by atoms with Gasteiger partial charge in [0.15, 0.2) is 0 Å². The van der Waals surface area contributed by atoms with Gasteiger partial charge in [-0.15, -0.1) is 0 Å². The fourth-order valence-corrected chi connectivity index (χ4v) is 1.75. The predicted molar refractivity (Wildman–Crippen MR) is 76.4 cm³/mol. The van der Waals surface area contributed by atoms with Gasteiger partial charge in [-0.3, -0.25) is 10.9 Å². The minimum atomic E-state index is -0.328. The van der Waals surface area contributed by atoms with Crippen molar-refractivity contribution in [3.05, 3.63) is 59.1 Å². The predicted octanol–water partition coefficient (Wildman–Crippen LogP) is 3.60. The van der Waals surface area contributed by atoms with Crippen molar-refractivity contribution < 1.29 is 4.79 Å². The van der Waals surface area contributed by atoms with Gasteiger partial charge < -0.3 is 5.32 Å². The summed E-state index contributed by atoms with van der Waals surface area (Å²) in [5.74, 6) is 0. The normalized spacial score (nSPS) is 9.61. The average Bonchev–Trinajstić information content (AvgIpc) is 2.40. The van der Waals surface area contributed by atoms with Gasteiger partial charge in [-0.25, -0.2) is 4.79 Å². The first-order chi connectivity index (χ1) is 8.75. The largest absolute Gasteiger partial charge is 0.337 e. The number of anilines is 2. The number of carbonyl (C=O) groups excluding carboxylic acids is 1. The first-order valence-corrected chi connectivity index (χ1v) is 6.17. The number of halogens is 1. The molecule has 0 saturated heterocycles. The van der Waals surface area contributed by atoms with Gasteiger partial charge in [0.25, 0.3) is 0 Å². The quantitative estimate of drug-likeness (QED) is 0.759. The van der Waals surface area contributed by atoms with Crippen molar-refractivity contribution in [1.82, 2.24) is 5.43 Å². The highest BCUT2D eigenvalue weighted by molar-refractivity contribution is 9.10. The second-order valence-corrected chi connectivity index (χ2v) is 4.40. The number of urea groups is 1. The second kappa shape index (κ2) is 6.07. The van der Waals surface area contributed by atoms with E-state index in [-0.39, 0.29) is 6.03 Å². The van der Waals surface area contributed by atoms with Gasteiger partial charge in [-0.2, -0.15) is 0 Å². The van der Waals surface area contributed by atoms with Crippen LogP contribution < -0.4 is 16.2 Å². The molecule has 0 bridgehead atoms. The van der Waals surface area contributed by atoms with Gasteiger partial charge in [-0.1, -0.05) is 30.3 Å². The smallest absolute Gasteiger partial charge is 0.305 e. The maximum absolute atomic E-state index is 11.6. The molecule has 0 saturated carbocycles. The van der Waals surface area contributed by atoms with E-state index >= 15 is 0 Å². The highest BCUT2D eigenvalue weighted by atomic mass is 79.9. The van der Waals surface area contributed by atoms with E-state index in [4.69, 9.17) is 0 Å². The molecule has 2 rings (SSSR count). The summed E-state index contributed by atoms with van der Waals surface area (Å²) >= 11 is 3.36. The zero-order valence-electron chi connectivity index (χ0n) is 9.48. The highest BCUT2D eigenvalue weighted by Crippen LogP contribution is 2.20. The lowest BCUT2D eigenvalue weighted by Crippen LogP contribution is -2.33. The molecule has 0 heterocycles. The maximum atomic E-state index is 11.6. The van der Waals surface area contributed by atoms with Crippen LogP contribution >= 0.6 is 15.9 Å². The van der Waals surface area contributed by atoms with Gasteiger partial charge in [0.1, 0.15) is 0 Å². The summed E-state index contributed by atoms with van der Waals surface area (Å²) in [4.78, 5) is 11.6. The Morgan fingerprint density at radius 1 is 0.944 bits per heavy atom. The molecule has 18 heavy (non-hydrogen) atoms. The third-order valence-electron chi connectivity index (χ3n) is 2.22. The zero-order chi connectivity index (χ0) is 12.8. The number of hydrogen-bond donors (Lipinski definition) is 3. The lowest BCUT2D eigenvalue weighted by Gasteiger charge is -2.10. The molecule has 0 spiro atoms. The molecule has 0 unspecified atom stereocenters. The number of nitrogens with one attached hydrogen (secondary N) is 3. The van der Waals surface area contributed by atoms with Crippen LogP contribution in [0.5, 0.6) is 0 Å². The standard InChI is InChI=1S/C13H12BrN3O/c14-11-8-4-5-9-12(11)15-13(18)17-16-10-6-2-1-3-7-10/h1-9,16H,(H2,15,17,18). The molecule has 4 nitrogen and oxygen atoms in total. The molecule has 2 amide bonds. The Hall–Kier alpha value is -2.01. The van der Waals surface area contributed by atoms with Crippen molar-refractivity contribution in [2.45, 2.75) is 0 Å². The van der Waals surface area contributed by atoms with Crippen molar-refractivity contribution in [3.63, 3.8) is 0 Å². The Morgan fingerprint density at radius 3 is 2.33 bits per heavy atom. The number of benzene rings is 2. The van der Waals surface area contributed by atoms with E-state index in [1.165, 1.54) is 0 Å². The Balaban J connectivity index is 1.88. The summed E-state index contributed by atoms with van der Waals surface area (Å²) in [6, 6.07) is 16.5. The molecule has 0 fully saturated rings. The lowest BCUT2D eigenvalue weighted by molar-refractivity contribution is 0.254. The lowest BCUT2D eigenvalue weighted by atomic mass is 10.3. The van der Waals surface area contributed by atoms with Crippen LogP contribution in [0.15, 0.2) is 59.1 Å². The van der Waals surface area contributed by atoms with Crippen LogP contribution in [0.2, 0.25) is 0 Å². The molecule has 0 aliphatic heterocycles. The minimum Gasteiger partial charge on any atom is -0.305 e. The number of rotatable bonds is 3. The molecule has 0 aliphatic carbocycles. The van der Waals surface area contributed by atoms with Crippen molar-refractivity contribution in [2.24, 2.45) is 0 Å². The number of amides is 2. The van der Waals surface area contributed by atoms with Crippen LogP contribution in [-0.2, 0) is 0 Å². The third-order valence-corrected chi connectivity index (χ3v) is 2.91. The van der Waals surface area contributed by atoms with Gasteiger partial charge in [0.05, 0.1) is 11.4 Å². The molecule has 2 aromatic carbocycles. The number of carbonyl (C=O) groups is 1. The number of hydrazine groups is 1. The fraction of sp³-hybridized carbons (Fsp3) is 0. The maximum Gasteiger partial charge on any atom is 0.337 e. The van der Waals surface area contributed by atoms with E-state index in [2.05, 4.69) is 32.1 Å². The first-order valence-electron chi connectivity index (χ1n) is 5.38. The van der Waals surface area contributed by atoms with Crippen molar-refractivity contribution in [2.75, 3.05) is 10.7 Å². The van der Waals surface area contributed by atoms with Crippen LogP contribution in [0.4, 0.5) is 16.2 Å². The molecule has 0 aromatic heterocycles. The van der Waals surface area contributed by atoms with Gasteiger partial charge in [0, 0.05) is 4.47 Å². The average molecular weight is 306 g/mol. The molecular formula is C13H12BrN3O. The molecule has 0 aliphatic rings. The fourth-order valence-electron chi connectivity index (χ4n) is 1.37. The summed E-state index contributed by atoms with van der Waals surface area (Å²) in [7, 11) is 0. The molecule has 3 N–H and O–H groups in total. The number of para-hydroxylation sites is 2. The number of hydrogen-bond acceptors (Lipinski definition) is 2. The van der Waals surface area contributed by atoms with Crippen molar-refractivity contribution in [1.29, 1.82) is 0 Å². The molecule has 0 atom stereocenters. The summed E-state index contributed by atoms with van der Waals surface area (Å²) in [6.07, 6.45) is 0. The molecule has 0 radical (unpaired) electrons. The van der Waals surface area contributed by atoms with Crippen LogP contribution in [0.25, 0.3) is 0 Å². The summed E-state index contributed by atoms with van der Waals surface area (Å²) in [5.41, 5.74) is 6.89. The molecule has 2 aromatic rings. The van der Waals surface area contributed by atoms with Gasteiger partial charge in [-0.05, 0) is 40.2 Å². The Morgan fingerprint density at radius 2 is 1.61 bits per heavy atom. The molecule has 92 valence electrons. The second-order valence-electron chi connectivity index (χ2n) is 3.55. The third kappa shape index (κ3) is 3.49. The Bertz CT molecular complexity index is 531.